The molecule has 2 aromatic heterocycles. The van der Waals surface area contributed by atoms with Crippen LogP contribution < -0.4 is 15.0 Å². The summed E-state index contributed by atoms with van der Waals surface area (Å²) in [5.41, 5.74) is 2.53. The van der Waals surface area contributed by atoms with Crippen molar-refractivity contribution in [2.75, 3.05) is 23.3 Å². The molecule has 0 radical (unpaired) electrons. The van der Waals surface area contributed by atoms with E-state index in [0.29, 0.717) is 40.1 Å². The Hall–Kier alpha value is -3.03. The first-order valence-electron chi connectivity index (χ1n) is 10.8. The van der Waals surface area contributed by atoms with E-state index in [1.54, 1.807) is 36.5 Å². The molecule has 1 fully saturated rings. The molecular weight excluding hydrogens is 461 g/mol. The molecule has 2 N–H and O–H groups in total. The Bertz CT molecular complexity index is 1240. The van der Waals surface area contributed by atoms with E-state index in [1.165, 1.54) is 0 Å². The zero-order chi connectivity index (χ0) is 23.2. The number of hydrogen-bond acceptors (Lipinski definition) is 7. The summed E-state index contributed by atoms with van der Waals surface area (Å²) in [5.74, 6) is 1.34. The predicted molar refractivity (Wildman–Crippen MR) is 131 cm³/mol. The topological polar surface area (TPSA) is 83.4 Å². The number of nitrogens with one attached hydrogen (secondary N) is 1. The molecule has 5 rings (SSSR count). The summed E-state index contributed by atoms with van der Waals surface area (Å²) < 4.78 is 6.30. The molecule has 2 aliphatic heterocycles. The predicted octanol–water partition coefficient (Wildman–Crippen LogP) is 5.43. The summed E-state index contributed by atoms with van der Waals surface area (Å²) in [6.45, 7) is 7.31. The van der Waals surface area contributed by atoms with Gasteiger partial charge in [0.1, 0.15) is 17.6 Å². The molecule has 1 saturated heterocycles. The molecule has 0 bridgehead atoms. The van der Waals surface area contributed by atoms with Gasteiger partial charge in [0, 0.05) is 24.6 Å². The number of aromatic nitrogens is 3. The molecule has 7 nitrogen and oxygen atoms in total. The maximum Gasteiger partial charge on any atom is 0.172 e. The highest BCUT2D eigenvalue weighted by Crippen LogP contribution is 2.45. The van der Waals surface area contributed by atoms with Crippen LogP contribution in [0.1, 0.15) is 25.5 Å². The first-order valence-corrected chi connectivity index (χ1v) is 11.5. The van der Waals surface area contributed by atoms with Gasteiger partial charge in [0.25, 0.3) is 0 Å². The molecule has 0 aliphatic carbocycles. The highest BCUT2D eigenvalue weighted by Gasteiger charge is 2.48. The third-order valence-electron chi connectivity index (χ3n) is 6.48. The Morgan fingerprint density at radius 2 is 2.15 bits per heavy atom. The number of para-hydroxylation sites is 1. The van der Waals surface area contributed by atoms with Crippen LogP contribution in [0.5, 0.6) is 11.5 Å². The summed E-state index contributed by atoms with van der Waals surface area (Å²) in [4.78, 5) is 6.65. The minimum Gasteiger partial charge on any atom is -0.506 e. The molecule has 2 atom stereocenters. The highest BCUT2D eigenvalue weighted by atomic mass is 35.5. The van der Waals surface area contributed by atoms with E-state index in [4.69, 9.17) is 27.9 Å². The second-order valence-corrected chi connectivity index (χ2v) is 9.14. The second kappa shape index (κ2) is 8.39. The van der Waals surface area contributed by atoms with Crippen molar-refractivity contribution in [3.05, 3.63) is 58.8 Å². The first kappa shape index (κ1) is 21.8. The number of anilines is 2. The molecule has 0 amide bonds. The lowest BCUT2D eigenvalue weighted by molar-refractivity contribution is 0.209. The zero-order valence-corrected chi connectivity index (χ0v) is 19.6. The van der Waals surface area contributed by atoms with E-state index in [2.05, 4.69) is 38.9 Å². The number of fused-ring (bicyclic) bond motifs is 3. The molecular formula is C24H23Cl2N5O2. The fourth-order valence-electron chi connectivity index (χ4n) is 4.71. The van der Waals surface area contributed by atoms with E-state index in [9.17, 15) is 5.11 Å². The monoisotopic (exact) mass is 483 g/mol. The van der Waals surface area contributed by atoms with Crippen molar-refractivity contribution in [3.63, 3.8) is 0 Å². The summed E-state index contributed by atoms with van der Waals surface area (Å²) >= 11 is 12.4. The van der Waals surface area contributed by atoms with E-state index in [1.807, 2.05) is 6.07 Å². The lowest BCUT2D eigenvalue weighted by Crippen LogP contribution is -2.52. The van der Waals surface area contributed by atoms with Crippen molar-refractivity contribution in [2.24, 2.45) is 0 Å². The second-order valence-electron chi connectivity index (χ2n) is 8.33. The smallest absolute Gasteiger partial charge is 0.172 e. The van der Waals surface area contributed by atoms with E-state index < -0.39 is 0 Å². The van der Waals surface area contributed by atoms with Gasteiger partial charge in [0.15, 0.2) is 5.82 Å². The average molecular weight is 484 g/mol. The summed E-state index contributed by atoms with van der Waals surface area (Å²) in [6, 6.07) is 8.92. The molecule has 0 unspecified atom stereocenters. The van der Waals surface area contributed by atoms with Crippen LogP contribution in [0.3, 0.4) is 0 Å². The quantitative estimate of drug-likeness (QED) is 0.500. The van der Waals surface area contributed by atoms with Crippen molar-refractivity contribution in [2.45, 2.75) is 31.4 Å². The SMILES string of the molecule is C=Cc1ncc(O[C@H]2CN3c4cc(-c5cccc(Cl)c5O)nnc4NC[C@@]3(CC)C2)cc1Cl. The van der Waals surface area contributed by atoms with Crippen LogP contribution in [0.25, 0.3) is 17.3 Å². The Labute approximate surface area is 202 Å². The third kappa shape index (κ3) is 3.75. The van der Waals surface area contributed by atoms with Gasteiger partial charge in [-0.25, -0.2) is 0 Å². The van der Waals surface area contributed by atoms with Crippen LogP contribution in [0, 0.1) is 0 Å². The number of nitrogens with zero attached hydrogens (tertiary/aromatic N) is 4. The fourth-order valence-corrected chi connectivity index (χ4v) is 5.12. The number of phenolic OH excluding ortho intramolecular Hbond substituents is 1. The number of aromatic hydroxyl groups is 1. The molecule has 9 heteroatoms. The Morgan fingerprint density at radius 3 is 2.91 bits per heavy atom. The van der Waals surface area contributed by atoms with Crippen LogP contribution in [-0.2, 0) is 0 Å². The maximum absolute atomic E-state index is 10.4. The van der Waals surface area contributed by atoms with Crippen molar-refractivity contribution >= 4 is 40.8 Å². The zero-order valence-electron chi connectivity index (χ0n) is 18.1. The minimum atomic E-state index is -0.132. The minimum absolute atomic E-state index is 0.00563. The molecule has 0 spiro atoms. The summed E-state index contributed by atoms with van der Waals surface area (Å²) in [7, 11) is 0. The van der Waals surface area contributed by atoms with Crippen LogP contribution >= 0.6 is 23.2 Å². The van der Waals surface area contributed by atoms with Gasteiger partial charge in [0.05, 0.1) is 45.4 Å². The van der Waals surface area contributed by atoms with Gasteiger partial charge in [-0.3, -0.25) is 4.98 Å². The summed E-state index contributed by atoms with van der Waals surface area (Å²) in [5, 5.41) is 23.4. The van der Waals surface area contributed by atoms with E-state index >= 15 is 0 Å². The van der Waals surface area contributed by atoms with Gasteiger partial charge in [-0.2, -0.15) is 0 Å². The lowest BCUT2D eigenvalue weighted by Gasteiger charge is -2.43. The number of halogens is 2. The number of ether oxygens (including phenoxy) is 1. The van der Waals surface area contributed by atoms with Gasteiger partial charge in [0.2, 0.25) is 0 Å². The first-order chi connectivity index (χ1) is 15.9. The van der Waals surface area contributed by atoms with Gasteiger partial charge in [-0.05, 0) is 30.7 Å². The van der Waals surface area contributed by atoms with Gasteiger partial charge >= 0.3 is 0 Å². The maximum atomic E-state index is 10.4. The van der Waals surface area contributed by atoms with E-state index in [-0.39, 0.29) is 22.4 Å². The molecule has 170 valence electrons. The number of phenols is 1. The van der Waals surface area contributed by atoms with Crippen molar-refractivity contribution in [1.29, 1.82) is 0 Å². The third-order valence-corrected chi connectivity index (χ3v) is 7.09. The Balaban J connectivity index is 1.47. The molecule has 0 saturated carbocycles. The van der Waals surface area contributed by atoms with E-state index in [0.717, 1.165) is 25.1 Å². The van der Waals surface area contributed by atoms with Gasteiger partial charge < -0.3 is 20.1 Å². The Morgan fingerprint density at radius 1 is 1.30 bits per heavy atom. The molecule has 33 heavy (non-hydrogen) atoms. The number of pyridine rings is 1. The number of hydrogen-bond donors (Lipinski definition) is 2. The molecule has 1 aromatic carbocycles. The molecule has 2 aliphatic rings. The molecule has 3 aromatic rings. The average Bonchev–Trinajstić information content (AvgIpc) is 3.20. The highest BCUT2D eigenvalue weighted by molar-refractivity contribution is 6.32. The normalized spacial score (nSPS) is 21.2. The Kier molecular flexibility index (Phi) is 5.54. The largest absolute Gasteiger partial charge is 0.506 e. The summed E-state index contributed by atoms with van der Waals surface area (Å²) in [6.07, 6.45) is 5.00. The van der Waals surface area contributed by atoms with Crippen LogP contribution in [0.15, 0.2) is 43.1 Å². The standard InChI is InChI=1S/C24H23Cl2N5O2/c1-3-19-18(26)8-14(11-27-19)33-15-10-24(4-2)13-28-23-21(31(24)12-15)9-20(29-30-23)16-6-5-7-17(25)22(16)32/h3,5-9,11,15,32H,1,4,10,12-13H2,2H3,(H,28,30)/t15-,24-/m1/s1. The van der Waals surface area contributed by atoms with Crippen molar-refractivity contribution in [3.8, 4) is 22.8 Å². The fraction of sp³-hybridized carbons (Fsp3) is 0.292. The van der Waals surface area contributed by atoms with Crippen LogP contribution in [0.4, 0.5) is 11.5 Å². The van der Waals surface area contributed by atoms with Gasteiger partial charge in [-0.1, -0.05) is 42.8 Å². The van der Waals surface area contributed by atoms with Crippen LogP contribution in [-0.4, -0.2) is 45.0 Å². The number of rotatable bonds is 5. The molecule has 4 heterocycles. The van der Waals surface area contributed by atoms with Gasteiger partial charge in [-0.15, -0.1) is 10.2 Å². The number of benzene rings is 1. The van der Waals surface area contributed by atoms with Crippen molar-refractivity contribution < 1.29 is 9.84 Å². The van der Waals surface area contributed by atoms with Crippen LogP contribution in [0.2, 0.25) is 10.0 Å². The van der Waals surface area contributed by atoms with Crippen molar-refractivity contribution in [1.82, 2.24) is 15.2 Å². The lowest BCUT2D eigenvalue weighted by atomic mass is 9.90.